The summed E-state index contributed by atoms with van der Waals surface area (Å²) in [6.45, 7) is 44.0. The molecule has 38 heteroatoms. The van der Waals surface area contributed by atoms with Crippen molar-refractivity contribution in [3.63, 3.8) is 0 Å². The Labute approximate surface area is 800 Å². The summed E-state index contributed by atoms with van der Waals surface area (Å²) in [6.07, 6.45) is 17.2. The van der Waals surface area contributed by atoms with Crippen LogP contribution in [0.3, 0.4) is 0 Å². The Morgan fingerprint density at radius 1 is 0.401 bits per heavy atom. The molecule has 3 aliphatic rings. The topological polar surface area (TPSA) is 294 Å². The third-order valence-electron chi connectivity index (χ3n) is 20.4. The number of terminal acetylenes is 2. The largest absolute Gasteiger partial charge is 0.534 e. The van der Waals surface area contributed by atoms with Crippen LogP contribution in [-0.4, -0.2) is 103 Å². The van der Waals surface area contributed by atoms with Gasteiger partial charge in [0.1, 0.15) is 44.3 Å². The van der Waals surface area contributed by atoms with Crippen LogP contribution >= 0.6 is 0 Å². The monoisotopic (exact) mass is 2030 g/mol. The van der Waals surface area contributed by atoms with E-state index in [0.29, 0.717) is 70.8 Å². The molecule has 21 nitrogen and oxygen atoms in total. The highest BCUT2D eigenvalue weighted by molar-refractivity contribution is 7.88. The molecule has 758 valence electrons. The molecule has 0 radical (unpaired) electrons. The number of benzene rings is 7. The SMILES string of the molecule is C.C#C[Si](C)(C)C.C#Cc1ccc(COC2(C)CC2)c(C(C)C)c1.C=C(C)OCc1ccc(OS(=O)(=O)C(F)(F)F)cc1C(C)C.CC(=O)OCc1ccc(OS(=O)(=O)C(F)(F)F)cc1C(C)C.CC(C)c1cc(C#Cc2ccc(CC(=O)O)cc2)ccc1COC1(C)CC1.CC(C)c1cc(OS(=O)(=O)C(F)(F)F)ccc1CO.CC(C)c1cc(OS(=O)(=O)C(F)(F)F)ccc1COC1(C)CC1. The highest BCUT2D eigenvalue weighted by Crippen LogP contribution is 2.44. The van der Waals surface area contributed by atoms with Gasteiger partial charge in [0.2, 0.25) is 0 Å². The molecule has 0 aliphatic heterocycles. The number of alkyl halides is 12. The lowest BCUT2D eigenvalue weighted by atomic mass is 9.95. The Kier molecular flexibility index (Phi) is 44.8. The first kappa shape index (κ1) is 121. The van der Waals surface area contributed by atoms with E-state index in [-0.39, 0.29) is 85.6 Å². The molecule has 0 bridgehead atoms. The van der Waals surface area contributed by atoms with Crippen molar-refractivity contribution in [2.75, 3.05) is 0 Å². The number of carbonyl (C=O) groups is 2. The Bertz CT molecular complexity index is 5750. The quantitative estimate of drug-likeness (QED) is 0.00776. The number of esters is 1. The van der Waals surface area contributed by atoms with Gasteiger partial charge in [-0.05, 0) is 259 Å². The molecule has 0 unspecified atom stereocenters. The van der Waals surface area contributed by atoms with Gasteiger partial charge in [-0.1, -0.05) is 183 Å². The van der Waals surface area contributed by atoms with Crippen LogP contribution in [0.5, 0.6) is 23.0 Å². The minimum absolute atomic E-state index is 0. The summed E-state index contributed by atoms with van der Waals surface area (Å²) < 4.78 is 280. The molecule has 0 amide bonds. The fourth-order valence-corrected chi connectivity index (χ4v) is 13.5. The van der Waals surface area contributed by atoms with Crippen LogP contribution < -0.4 is 16.7 Å². The van der Waals surface area contributed by atoms with Crippen LogP contribution in [0.2, 0.25) is 19.6 Å². The molecule has 137 heavy (non-hydrogen) atoms. The van der Waals surface area contributed by atoms with E-state index in [2.05, 4.69) is 132 Å². The maximum Gasteiger partial charge on any atom is 0.534 e. The number of halogens is 12. The summed E-state index contributed by atoms with van der Waals surface area (Å²) in [7, 11) is -23.8. The Balaban J connectivity index is 0.000000419. The summed E-state index contributed by atoms with van der Waals surface area (Å²) in [5.74, 6) is 7.20. The minimum Gasteiger partial charge on any atom is -0.494 e. The predicted molar refractivity (Wildman–Crippen MR) is 504 cm³/mol. The molecular formula is C99H124F12O21S4Si. The molecule has 0 atom stereocenters. The van der Waals surface area contributed by atoms with Crippen LogP contribution in [0.25, 0.3) is 0 Å². The fourth-order valence-electron chi connectivity index (χ4n) is 11.7. The molecule has 10 rings (SSSR count). The number of hydrogen-bond donors (Lipinski definition) is 2. The average molecular weight is 2030 g/mol. The van der Waals surface area contributed by atoms with Crippen molar-refractivity contribution in [3.8, 4) is 59.1 Å². The standard InChI is InChI=1S/C24H26O3.C16H20O.C15H19F3O4S.C14H17F3O4S.C13H15F3O5S.C11H13F3O4S.C5H10Si.CH4/c1-17(2)22-14-19(10-11-21(22)16-27-24(3)12-13-24)7-4-18-5-8-20(9-6-18)15-23(25)26;1-5-13-6-7-14(15(10-13)12(2)3)11-17-16(4)8-9-16;1-10(2)13-8-12(22-23(19,20)15(16,17)18)5-4-11(13)9-21-14(3)6-7-14;1-9(2)13-7-12(21-22(18,19)14(15,16)17)6-5-11(13)8-20-10(3)4;1-8(2)12-6-11(21-22(18,19)13(14,15)16)5-4-10(12)7-20-9(3)17;1-7(2)10-5-9(4-3-8(10)6-15)18-19(16,17)11(12,13)14;1-5-6(2,3)4;/h5-6,8-11,14,17H,12-13,15-16H2,1-3H3,(H,25,26);1,6-7,10,12H,8-9,11H2,2-4H3;4-5,8,10H,6-7,9H2,1-3H3;5-7,9H,3,8H2,1-2,4H3;4-6,8H,7H2,1-3H3;3-5,7,15H,6H2,1-2H3;1H,2-4H3;1H4. The fraction of sp³-hybridized carbons (Fsp3) is 0.475. The highest BCUT2D eigenvalue weighted by Gasteiger charge is 2.52. The molecule has 0 saturated heterocycles. The molecule has 0 heterocycles. The van der Waals surface area contributed by atoms with Crippen molar-refractivity contribution in [2.45, 2.75) is 304 Å². The summed E-state index contributed by atoms with van der Waals surface area (Å²) in [6, 6.07) is 35.1. The number of aliphatic hydroxyl groups excluding tert-OH is 1. The van der Waals surface area contributed by atoms with E-state index in [1.54, 1.807) is 40.7 Å². The summed E-state index contributed by atoms with van der Waals surface area (Å²) in [5, 5.41) is 17.9. The lowest BCUT2D eigenvalue weighted by Gasteiger charge is -2.17. The van der Waals surface area contributed by atoms with E-state index in [1.165, 1.54) is 90.6 Å². The van der Waals surface area contributed by atoms with Crippen LogP contribution in [-0.2, 0) is 120 Å². The normalized spacial score (nSPS) is 14.1. The Hall–Kier alpha value is -10.1. The summed E-state index contributed by atoms with van der Waals surface area (Å²) in [4.78, 5) is 21.6. The molecule has 7 aromatic carbocycles. The van der Waals surface area contributed by atoms with E-state index >= 15 is 0 Å². The number of carbonyl (C=O) groups excluding carboxylic acids is 1. The van der Waals surface area contributed by atoms with Crippen LogP contribution in [0, 0.1) is 36.2 Å². The predicted octanol–water partition coefficient (Wildman–Crippen LogP) is 24.7. The van der Waals surface area contributed by atoms with Gasteiger partial charge in [-0.3, -0.25) is 9.59 Å². The third-order valence-corrected chi connectivity index (χ3v) is 25.2. The number of ether oxygens (including phenoxy) is 5. The number of aliphatic carboxylic acids is 1. The Morgan fingerprint density at radius 2 is 0.642 bits per heavy atom. The van der Waals surface area contributed by atoms with Gasteiger partial charge in [0.25, 0.3) is 0 Å². The number of allylic oxidation sites excluding steroid dienone is 1. The average Bonchev–Trinajstić information content (AvgIpc) is 1.69. The second-order valence-electron chi connectivity index (χ2n) is 35.8. The van der Waals surface area contributed by atoms with E-state index in [0.717, 1.165) is 77.3 Å². The number of rotatable bonds is 31. The second kappa shape index (κ2) is 50.7. The van der Waals surface area contributed by atoms with Crippen molar-refractivity contribution in [2.24, 2.45) is 0 Å². The van der Waals surface area contributed by atoms with E-state index in [4.69, 9.17) is 46.7 Å². The maximum atomic E-state index is 12.4. The number of carboxylic acids is 1. The molecule has 7 aromatic rings. The molecule has 3 saturated carbocycles. The number of hydrogen-bond acceptors (Lipinski definition) is 20. The summed E-state index contributed by atoms with van der Waals surface area (Å²) in [5.41, 5.74) is -5.38. The first-order chi connectivity index (χ1) is 62.3. The molecule has 3 fully saturated rings. The van der Waals surface area contributed by atoms with Gasteiger partial charge in [-0.2, -0.15) is 86.4 Å². The summed E-state index contributed by atoms with van der Waals surface area (Å²) >= 11 is 0. The number of carboxylic acid groups (broad SMARTS) is 1. The van der Waals surface area contributed by atoms with E-state index in [9.17, 15) is 95.9 Å². The molecular weight excluding hydrogens is 1910 g/mol. The highest BCUT2D eigenvalue weighted by atomic mass is 32.2. The lowest BCUT2D eigenvalue weighted by Crippen LogP contribution is -2.28. The van der Waals surface area contributed by atoms with Gasteiger partial charge < -0.3 is 50.6 Å². The van der Waals surface area contributed by atoms with Crippen molar-refractivity contribution in [1.29, 1.82) is 0 Å². The van der Waals surface area contributed by atoms with Crippen molar-refractivity contribution >= 4 is 60.5 Å². The second-order valence-corrected chi connectivity index (χ2v) is 46.8. The zero-order valence-corrected chi connectivity index (χ0v) is 83.8. The van der Waals surface area contributed by atoms with Gasteiger partial charge in [-0.25, -0.2) is 0 Å². The molecule has 0 spiro atoms. The molecule has 0 aromatic heterocycles. The first-order valence-electron chi connectivity index (χ1n) is 42.9. The van der Waals surface area contributed by atoms with Gasteiger partial charge in [-0.15, -0.1) is 18.4 Å². The van der Waals surface area contributed by atoms with E-state index < -0.39 is 94.0 Å². The molecule has 3 aliphatic carbocycles. The maximum absolute atomic E-state index is 12.4. The zero-order chi connectivity index (χ0) is 104. The smallest absolute Gasteiger partial charge is 0.494 e. The minimum atomic E-state index is -5.72. The van der Waals surface area contributed by atoms with Gasteiger partial charge in [0, 0.05) is 23.6 Å². The van der Waals surface area contributed by atoms with Crippen LogP contribution in [0.4, 0.5) is 52.7 Å². The zero-order valence-electron chi connectivity index (χ0n) is 79.5. The van der Waals surface area contributed by atoms with Gasteiger partial charge in [0.15, 0.2) is 0 Å². The van der Waals surface area contributed by atoms with Crippen LogP contribution in [0.1, 0.15) is 288 Å². The first-order valence-corrected chi connectivity index (χ1v) is 52.0. The Morgan fingerprint density at radius 3 is 0.891 bits per heavy atom. The van der Waals surface area contributed by atoms with Crippen molar-refractivity contribution < 1.29 is 147 Å². The molecule has 2 N–H and O–H groups in total. The van der Waals surface area contributed by atoms with Crippen molar-refractivity contribution in [1.82, 2.24) is 0 Å². The van der Waals surface area contributed by atoms with Gasteiger partial charge >= 0.3 is 74.4 Å². The number of aliphatic hydroxyl groups is 1. The van der Waals surface area contributed by atoms with Crippen molar-refractivity contribution in [3.05, 3.63) is 235 Å². The van der Waals surface area contributed by atoms with Crippen LogP contribution in [0.15, 0.2) is 146 Å². The lowest BCUT2D eigenvalue weighted by molar-refractivity contribution is -0.142. The van der Waals surface area contributed by atoms with E-state index in [1.807, 2.05) is 71.0 Å². The van der Waals surface area contributed by atoms with Gasteiger partial charge in [0.05, 0.1) is 55.4 Å². The third kappa shape index (κ3) is 41.1.